The van der Waals surface area contributed by atoms with Gasteiger partial charge in [0.2, 0.25) is 5.13 Å². The summed E-state index contributed by atoms with van der Waals surface area (Å²) < 4.78 is 9.29. The van der Waals surface area contributed by atoms with Crippen LogP contribution in [0.15, 0.2) is 6.33 Å². The third-order valence-corrected chi connectivity index (χ3v) is 3.01. The van der Waals surface area contributed by atoms with Gasteiger partial charge in [-0.2, -0.15) is 4.37 Å². The molecule has 1 unspecified atom stereocenters. The highest BCUT2D eigenvalue weighted by molar-refractivity contribution is 7.09. The van der Waals surface area contributed by atoms with Gasteiger partial charge in [-0.3, -0.25) is 0 Å². The zero-order valence-corrected chi connectivity index (χ0v) is 8.46. The van der Waals surface area contributed by atoms with E-state index in [1.807, 2.05) is 0 Å². The minimum atomic E-state index is 0.661. The van der Waals surface area contributed by atoms with E-state index in [4.69, 9.17) is 4.74 Å². The van der Waals surface area contributed by atoms with E-state index in [0.29, 0.717) is 5.92 Å². The highest BCUT2D eigenvalue weighted by atomic mass is 32.1. The summed E-state index contributed by atoms with van der Waals surface area (Å²) in [6, 6.07) is 0. The monoisotopic (exact) mass is 199 g/mol. The predicted octanol–water partition coefficient (Wildman–Crippen LogP) is 1.01. The van der Waals surface area contributed by atoms with Crippen molar-refractivity contribution in [3.63, 3.8) is 0 Å². The minimum absolute atomic E-state index is 0.661. The third kappa shape index (κ3) is 2.16. The van der Waals surface area contributed by atoms with Crippen LogP contribution in [0.5, 0.6) is 0 Å². The fourth-order valence-electron chi connectivity index (χ4n) is 1.53. The third-order valence-electron chi connectivity index (χ3n) is 2.23. The van der Waals surface area contributed by atoms with Gasteiger partial charge >= 0.3 is 0 Å². The first kappa shape index (κ1) is 8.90. The lowest BCUT2D eigenvalue weighted by atomic mass is 10.1. The fraction of sp³-hybridized carbons (Fsp3) is 0.750. The molecular weight excluding hydrogens is 186 g/mol. The first-order valence-corrected chi connectivity index (χ1v) is 5.19. The maximum atomic E-state index is 5.32. The molecule has 0 saturated carbocycles. The fourth-order valence-corrected chi connectivity index (χ4v) is 2.02. The molecule has 1 aliphatic heterocycles. The van der Waals surface area contributed by atoms with E-state index < -0.39 is 0 Å². The van der Waals surface area contributed by atoms with E-state index in [0.717, 1.165) is 24.9 Å². The van der Waals surface area contributed by atoms with Gasteiger partial charge in [0.05, 0.1) is 6.61 Å². The zero-order valence-electron chi connectivity index (χ0n) is 7.64. The molecule has 0 radical (unpaired) electrons. The molecule has 2 rings (SSSR count). The van der Waals surface area contributed by atoms with Gasteiger partial charge in [0.25, 0.3) is 0 Å². The number of hydrogen-bond donors (Lipinski definition) is 0. The number of aromatic nitrogens is 2. The van der Waals surface area contributed by atoms with E-state index >= 15 is 0 Å². The van der Waals surface area contributed by atoms with Gasteiger partial charge in [-0.15, -0.1) is 0 Å². The molecule has 0 bridgehead atoms. The number of anilines is 1. The summed E-state index contributed by atoms with van der Waals surface area (Å²) in [7, 11) is 2.05. The van der Waals surface area contributed by atoms with Crippen molar-refractivity contribution in [1.82, 2.24) is 9.36 Å². The van der Waals surface area contributed by atoms with Crippen LogP contribution in [0.25, 0.3) is 0 Å². The second-order valence-corrected chi connectivity index (χ2v) is 4.09. The van der Waals surface area contributed by atoms with Crippen LogP contribution in [0.4, 0.5) is 5.13 Å². The number of hydrogen-bond acceptors (Lipinski definition) is 5. The van der Waals surface area contributed by atoms with Gasteiger partial charge in [0.15, 0.2) is 0 Å². The molecule has 0 amide bonds. The number of nitrogens with zero attached hydrogens (tertiary/aromatic N) is 3. The minimum Gasteiger partial charge on any atom is -0.381 e. The van der Waals surface area contributed by atoms with Gasteiger partial charge in [0.1, 0.15) is 6.33 Å². The second-order valence-electron chi connectivity index (χ2n) is 3.33. The Hall–Kier alpha value is -0.680. The summed E-state index contributed by atoms with van der Waals surface area (Å²) in [6.07, 6.45) is 2.77. The predicted molar refractivity (Wildman–Crippen MR) is 52.1 cm³/mol. The molecule has 1 aromatic rings. The normalized spacial score (nSPS) is 22.1. The van der Waals surface area contributed by atoms with Crippen molar-refractivity contribution in [3.05, 3.63) is 6.33 Å². The van der Waals surface area contributed by atoms with Crippen LogP contribution in [-0.2, 0) is 4.74 Å². The van der Waals surface area contributed by atoms with Crippen LogP contribution < -0.4 is 4.90 Å². The zero-order chi connectivity index (χ0) is 9.10. The number of ether oxygens (including phenoxy) is 1. The molecule has 5 heteroatoms. The molecule has 1 atom stereocenters. The molecule has 0 aromatic carbocycles. The molecule has 0 N–H and O–H groups in total. The summed E-state index contributed by atoms with van der Waals surface area (Å²) in [6.45, 7) is 2.83. The lowest BCUT2D eigenvalue weighted by molar-refractivity contribution is 0.186. The Morgan fingerprint density at radius 2 is 2.69 bits per heavy atom. The summed E-state index contributed by atoms with van der Waals surface area (Å²) in [5, 5.41) is 0.993. The average molecular weight is 199 g/mol. The van der Waals surface area contributed by atoms with Gasteiger partial charge in [-0.05, 0) is 6.42 Å². The molecule has 1 fully saturated rings. The van der Waals surface area contributed by atoms with Crippen LogP contribution in [0.3, 0.4) is 0 Å². The molecule has 0 aliphatic carbocycles. The smallest absolute Gasteiger partial charge is 0.204 e. The second kappa shape index (κ2) is 4.02. The van der Waals surface area contributed by atoms with Crippen LogP contribution in [-0.4, -0.2) is 36.2 Å². The van der Waals surface area contributed by atoms with Crippen molar-refractivity contribution in [2.24, 2.45) is 5.92 Å². The maximum absolute atomic E-state index is 5.32. The molecule has 13 heavy (non-hydrogen) atoms. The Morgan fingerprint density at radius 3 is 3.31 bits per heavy atom. The SMILES string of the molecule is CN(CC1CCOC1)c1ncns1. The van der Waals surface area contributed by atoms with Gasteiger partial charge in [-0.1, -0.05) is 0 Å². The number of rotatable bonds is 3. The Bertz CT molecular complexity index is 246. The van der Waals surface area contributed by atoms with Crippen molar-refractivity contribution < 1.29 is 4.74 Å². The van der Waals surface area contributed by atoms with Crippen LogP contribution >= 0.6 is 11.5 Å². The lowest BCUT2D eigenvalue weighted by Crippen LogP contribution is -2.25. The van der Waals surface area contributed by atoms with Crippen LogP contribution in [0, 0.1) is 5.92 Å². The summed E-state index contributed by atoms with van der Waals surface area (Å²) in [5.74, 6) is 0.661. The van der Waals surface area contributed by atoms with Crippen molar-refractivity contribution >= 4 is 16.7 Å². The van der Waals surface area contributed by atoms with E-state index in [9.17, 15) is 0 Å². The van der Waals surface area contributed by atoms with Gasteiger partial charge in [0, 0.05) is 37.6 Å². The summed E-state index contributed by atoms with van der Waals surface area (Å²) in [5.41, 5.74) is 0. The first-order valence-electron chi connectivity index (χ1n) is 4.42. The Kier molecular flexibility index (Phi) is 2.75. The van der Waals surface area contributed by atoms with E-state index in [-0.39, 0.29) is 0 Å². The van der Waals surface area contributed by atoms with E-state index in [2.05, 4.69) is 21.3 Å². The summed E-state index contributed by atoms with van der Waals surface area (Å²) in [4.78, 5) is 6.30. The largest absolute Gasteiger partial charge is 0.381 e. The topological polar surface area (TPSA) is 38.2 Å². The average Bonchev–Trinajstić information content (AvgIpc) is 2.74. The quantitative estimate of drug-likeness (QED) is 0.728. The van der Waals surface area contributed by atoms with Crippen molar-refractivity contribution in [2.75, 3.05) is 31.7 Å². The van der Waals surface area contributed by atoms with Crippen LogP contribution in [0.2, 0.25) is 0 Å². The Morgan fingerprint density at radius 1 is 1.77 bits per heavy atom. The Balaban J connectivity index is 1.87. The lowest BCUT2D eigenvalue weighted by Gasteiger charge is -2.18. The first-order chi connectivity index (χ1) is 6.36. The van der Waals surface area contributed by atoms with E-state index in [1.54, 1.807) is 6.33 Å². The molecule has 1 saturated heterocycles. The molecule has 2 heterocycles. The molecule has 72 valence electrons. The maximum Gasteiger partial charge on any atom is 0.204 e. The van der Waals surface area contributed by atoms with Crippen molar-refractivity contribution in [3.8, 4) is 0 Å². The van der Waals surface area contributed by atoms with E-state index in [1.165, 1.54) is 18.0 Å². The Labute approximate surface area is 81.7 Å². The van der Waals surface area contributed by atoms with Gasteiger partial charge in [-0.25, -0.2) is 4.98 Å². The van der Waals surface area contributed by atoms with Gasteiger partial charge < -0.3 is 9.64 Å². The van der Waals surface area contributed by atoms with Crippen LogP contribution in [0.1, 0.15) is 6.42 Å². The molecule has 1 aliphatic rings. The summed E-state index contributed by atoms with van der Waals surface area (Å²) >= 11 is 1.44. The molecule has 0 spiro atoms. The molecule has 4 nitrogen and oxygen atoms in total. The molecule has 1 aromatic heterocycles. The standard InChI is InChI=1S/C8H13N3OS/c1-11(8-9-6-10-13-8)4-7-2-3-12-5-7/h6-7H,2-5H2,1H3. The molecular formula is C8H13N3OS. The highest BCUT2D eigenvalue weighted by Gasteiger charge is 2.18. The van der Waals surface area contributed by atoms with Crippen molar-refractivity contribution in [1.29, 1.82) is 0 Å². The highest BCUT2D eigenvalue weighted by Crippen LogP contribution is 2.18. The van der Waals surface area contributed by atoms with Crippen molar-refractivity contribution in [2.45, 2.75) is 6.42 Å².